The minimum atomic E-state index is -0.0187. The van der Waals surface area contributed by atoms with Crippen LogP contribution in [0.4, 0.5) is 5.82 Å². The van der Waals surface area contributed by atoms with Crippen LogP contribution in [0, 0.1) is 6.92 Å². The highest BCUT2D eigenvalue weighted by Gasteiger charge is 2.16. The van der Waals surface area contributed by atoms with Gasteiger partial charge >= 0.3 is 0 Å². The first-order valence-corrected chi connectivity index (χ1v) is 11.7. The molecule has 0 fully saturated rings. The molecular formula is C25H33N7O2. The van der Waals surface area contributed by atoms with E-state index in [9.17, 15) is 4.79 Å². The molecule has 1 aromatic carbocycles. The van der Waals surface area contributed by atoms with Crippen LogP contribution in [0.3, 0.4) is 0 Å². The van der Waals surface area contributed by atoms with Gasteiger partial charge in [-0.05, 0) is 57.6 Å². The molecule has 0 atom stereocenters. The van der Waals surface area contributed by atoms with Crippen molar-refractivity contribution in [2.75, 3.05) is 51.8 Å². The molecule has 1 N–H and O–H groups in total. The lowest BCUT2D eigenvalue weighted by Crippen LogP contribution is -2.39. The molecular weight excluding hydrogens is 430 g/mol. The number of benzene rings is 1. The molecule has 34 heavy (non-hydrogen) atoms. The highest BCUT2D eigenvalue weighted by molar-refractivity contribution is 5.81. The van der Waals surface area contributed by atoms with Crippen LogP contribution in [0.2, 0.25) is 0 Å². The van der Waals surface area contributed by atoms with Crippen LogP contribution in [-0.4, -0.2) is 77.2 Å². The van der Waals surface area contributed by atoms with Crippen molar-refractivity contribution in [3.63, 3.8) is 0 Å². The molecule has 0 radical (unpaired) electrons. The third-order valence-corrected chi connectivity index (χ3v) is 5.75. The molecule has 0 saturated carbocycles. The maximum atomic E-state index is 12.9. The van der Waals surface area contributed by atoms with Gasteiger partial charge in [-0.15, -0.1) is 0 Å². The normalized spacial score (nSPS) is 12.5. The van der Waals surface area contributed by atoms with Crippen molar-refractivity contribution < 1.29 is 9.53 Å². The van der Waals surface area contributed by atoms with Gasteiger partial charge in [0.2, 0.25) is 11.9 Å². The number of nitrogens with zero attached hydrogens (tertiary/aromatic N) is 6. The Morgan fingerprint density at radius 1 is 1.21 bits per heavy atom. The Kier molecular flexibility index (Phi) is 7.74. The molecule has 0 spiro atoms. The molecule has 1 aliphatic heterocycles. The van der Waals surface area contributed by atoms with Gasteiger partial charge in [0.25, 0.3) is 0 Å². The van der Waals surface area contributed by atoms with E-state index in [1.54, 1.807) is 17.1 Å². The summed E-state index contributed by atoms with van der Waals surface area (Å²) in [5.41, 5.74) is 3.31. The molecule has 9 heteroatoms. The van der Waals surface area contributed by atoms with Crippen molar-refractivity contribution in [2.24, 2.45) is 0 Å². The second-order valence-corrected chi connectivity index (χ2v) is 8.86. The summed E-state index contributed by atoms with van der Waals surface area (Å²) in [7, 11) is 4.10. The Labute approximate surface area is 200 Å². The van der Waals surface area contributed by atoms with E-state index in [2.05, 4.69) is 32.3 Å². The van der Waals surface area contributed by atoms with Crippen LogP contribution in [0.15, 0.2) is 43.0 Å². The lowest BCUT2D eigenvalue weighted by atomic mass is 10.1. The summed E-state index contributed by atoms with van der Waals surface area (Å²) >= 11 is 0. The predicted octanol–water partition coefficient (Wildman–Crippen LogP) is 2.02. The maximum Gasteiger partial charge on any atom is 0.239 e. The van der Waals surface area contributed by atoms with Crippen molar-refractivity contribution in [1.29, 1.82) is 0 Å². The molecule has 1 aliphatic rings. The van der Waals surface area contributed by atoms with Crippen LogP contribution < -0.4 is 15.0 Å². The Morgan fingerprint density at radius 2 is 2.09 bits per heavy atom. The second-order valence-electron chi connectivity index (χ2n) is 8.86. The van der Waals surface area contributed by atoms with E-state index in [1.165, 1.54) is 11.1 Å². The molecule has 0 saturated heterocycles. The summed E-state index contributed by atoms with van der Waals surface area (Å²) in [5.74, 6) is 2.25. The van der Waals surface area contributed by atoms with E-state index in [4.69, 9.17) is 9.72 Å². The van der Waals surface area contributed by atoms with Crippen LogP contribution in [0.5, 0.6) is 5.75 Å². The van der Waals surface area contributed by atoms with E-state index in [0.29, 0.717) is 12.5 Å². The maximum absolute atomic E-state index is 12.9. The minimum Gasteiger partial charge on any atom is -0.493 e. The highest BCUT2D eigenvalue weighted by Crippen LogP contribution is 2.25. The number of aromatic nitrogens is 4. The van der Waals surface area contributed by atoms with Gasteiger partial charge < -0.3 is 19.9 Å². The van der Waals surface area contributed by atoms with E-state index < -0.39 is 0 Å². The Morgan fingerprint density at radius 3 is 2.88 bits per heavy atom. The van der Waals surface area contributed by atoms with Crippen LogP contribution >= 0.6 is 0 Å². The summed E-state index contributed by atoms with van der Waals surface area (Å²) in [6.07, 6.45) is 7.84. The summed E-state index contributed by atoms with van der Waals surface area (Å²) in [4.78, 5) is 30.4. The standard InChI is InChI=1S/C25H33N7O2/c1-19-15-23(29-25(28-19)32-13-10-26-18-32)31(12-4-11-30(2)3)17-24(33)27-9-7-20-5-6-22-21(16-20)8-14-34-22/h5-6,10,13,15-16,18H,4,7-9,11-12,14,17H2,1-3H3,(H,27,33). The van der Waals surface area contributed by atoms with Gasteiger partial charge in [-0.2, -0.15) is 4.98 Å². The number of anilines is 1. The van der Waals surface area contributed by atoms with Crippen LogP contribution in [-0.2, 0) is 17.6 Å². The summed E-state index contributed by atoms with van der Waals surface area (Å²) in [6.45, 7) is 5.17. The highest BCUT2D eigenvalue weighted by atomic mass is 16.5. The number of rotatable bonds is 11. The molecule has 3 aromatic rings. The largest absolute Gasteiger partial charge is 0.493 e. The number of aryl methyl sites for hydroxylation is 1. The summed E-state index contributed by atoms with van der Waals surface area (Å²) < 4.78 is 7.35. The first-order valence-electron chi connectivity index (χ1n) is 11.7. The number of fused-ring (bicyclic) bond motifs is 1. The van der Waals surface area contributed by atoms with Gasteiger partial charge in [-0.3, -0.25) is 9.36 Å². The zero-order valence-electron chi connectivity index (χ0n) is 20.2. The lowest BCUT2D eigenvalue weighted by molar-refractivity contribution is -0.119. The van der Waals surface area contributed by atoms with Gasteiger partial charge in [-0.25, -0.2) is 9.97 Å². The van der Waals surface area contributed by atoms with Crippen molar-refractivity contribution in [1.82, 2.24) is 29.7 Å². The molecule has 4 rings (SSSR count). The number of nitrogens with one attached hydrogen (secondary N) is 1. The zero-order chi connectivity index (χ0) is 23.9. The molecule has 0 unspecified atom stereocenters. The lowest BCUT2D eigenvalue weighted by Gasteiger charge is -2.24. The Hall–Kier alpha value is -3.46. The van der Waals surface area contributed by atoms with Crippen LogP contribution in [0.25, 0.3) is 5.95 Å². The predicted molar refractivity (Wildman–Crippen MR) is 132 cm³/mol. The van der Waals surface area contributed by atoms with Gasteiger partial charge in [0.15, 0.2) is 0 Å². The number of imidazole rings is 1. The quantitative estimate of drug-likeness (QED) is 0.465. The van der Waals surface area contributed by atoms with Gasteiger partial charge in [-0.1, -0.05) is 12.1 Å². The fourth-order valence-corrected chi connectivity index (χ4v) is 4.01. The Bertz CT molecular complexity index is 1100. The Balaban J connectivity index is 1.40. The monoisotopic (exact) mass is 463 g/mol. The topological polar surface area (TPSA) is 88.4 Å². The molecule has 180 valence electrons. The first kappa shape index (κ1) is 23.7. The average Bonchev–Trinajstić information content (AvgIpc) is 3.50. The third kappa shape index (κ3) is 6.32. The molecule has 3 heterocycles. The molecule has 9 nitrogen and oxygen atoms in total. The number of hydrogen-bond donors (Lipinski definition) is 1. The molecule has 0 aliphatic carbocycles. The summed E-state index contributed by atoms with van der Waals surface area (Å²) in [6, 6.07) is 8.21. The fraction of sp³-hybridized carbons (Fsp3) is 0.440. The summed E-state index contributed by atoms with van der Waals surface area (Å²) in [5, 5.41) is 3.07. The third-order valence-electron chi connectivity index (χ3n) is 5.75. The van der Waals surface area contributed by atoms with Gasteiger partial charge in [0.05, 0.1) is 13.2 Å². The number of carbonyl (C=O) groups excluding carboxylic acids is 1. The first-order chi connectivity index (χ1) is 16.5. The minimum absolute atomic E-state index is 0.0187. The molecule has 1 amide bonds. The van der Waals surface area contributed by atoms with Crippen LogP contribution in [0.1, 0.15) is 23.2 Å². The van der Waals surface area contributed by atoms with Crippen molar-refractivity contribution >= 4 is 11.7 Å². The van der Waals surface area contributed by atoms with Crippen molar-refractivity contribution in [2.45, 2.75) is 26.2 Å². The molecule has 2 aromatic heterocycles. The van der Waals surface area contributed by atoms with Crippen molar-refractivity contribution in [3.05, 3.63) is 59.8 Å². The van der Waals surface area contributed by atoms with E-state index in [0.717, 1.165) is 56.2 Å². The van der Waals surface area contributed by atoms with E-state index >= 15 is 0 Å². The van der Waals surface area contributed by atoms with Gasteiger partial charge in [0.1, 0.15) is 17.9 Å². The number of ether oxygens (including phenoxy) is 1. The average molecular weight is 464 g/mol. The smallest absolute Gasteiger partial charge is 0.239 e. The van der Waals surface area contributed by atoms with Crippen molar-refractivity contribution in [3.8, 4) is 11.7 Å². The number of carbonyl (C=O) groups is 1. The second kappa shape index (κ2) is 11.1. The van der Waals surface area contributed by atoms with E-state index in [-0.39, 0.29) is 12.5 Å². The number of amides is 1. The van der Waals surface area contributed by atoms with Gasteiger partial charge in [0, 0.05) is 43.7 Å². The number of hydrogen-bond acceptors (Lipinski definition) is 7. The zero-order valence-corrected chi connectivity index (χ0v) is 20.2. The van der Waals surface area contributed by atoms with E-state index in [1.807, 2.05) is 44.2 Å². The molecule has 0 bridgehead atoms. The fourth-order valence-electron chi connectivity index (χ4n) is 4.01. The SMILES string of the molecule is Cc1cc(N(CCCN(C)C)CC(=O)NCCc2ccc3c(c2)CCO3)nc(-n2ccnc2)n1.